The van der Waals surface area contributed by atoms with Gasteiger partial charge in [0.25, 0.3) is 5.91 Å². The molecule has 0 aliphatic rings. The average Bonchev–Trinajstić information content (AvgIpc) is 2.87. The van der Waals surface area contributed by atoms with Crippen molar-refractivity contribution in [1.29, 1.82) is 5.26 Å². The molecule has 1 aromatic carbocycles. The number of amides is 1. The van der Waals surface area contributed by atoms with Gasteiger partial charge in [0.2, 0.25) is 0 Å². The molecule has 2 aromatic rings. The van der Waals surface area contributed by atoms with Crippen LogP contribution in [0.5, 0.6) is 0 Å². The molecule has 90 valence electrons. The molecular formula is C12H9BrN4O. The third kappa shape index (κ3) is 2.26. The number of nitrogens with zero attached hydrogens (tertiary/aromatic N) is 3. The second-order valence-electron chi connectivity index (χ2n) is 3.50. The SMILES string of the molecule is CNC(=O)c1ccn(-c2ccc(C#N)cc2Br)n1. The first-order valence-corrected chi connectivity index (χ1v) is 5.93. The van der Waals surface area contributed by atoms with Crippen LogP contribution in [0.2, 0.25) is 0 Å². The van der Waals surface area contributed by atoms with Crippen molar-refractivity contribution in [2.75, 3.05) is 7.05 Å². The molecule has 6 heteroatoms. The number of aromatic nitrogens is 2. The maximum atomic E-state index is 11.4. The average molecular weight is 305 g/mol. The van der Waals surface area contributed by atoms with Crippen LogP contribution in [0, 0.1) is 11.3 Å². The van der Waals surface area contributed by atoms with Gasteiger partial charge in [-0.2, -0.15) is 10.4 Å². The third-order valence-electron chi connectivity index (χ3n) is 2.37. The highest BCUT2D eigenvalue weighted by molar-refractivity contribution is 9.10. The fourth-order valence-electron chi connectivity index (χ4n) is 1.47. The van der Waals surface area contributed by atoms with E-state index in [0.29, 0.717) is 11.3 Å². The lowest BCUT2D eigenvalue weighted by molar-refractivity contribution is 0.0957. The van der Waals surface area contributed by atoms with Gasteiger partial charge in [-0.25, -0.2) is 4.68 Å². The highest BCUT2D eigenvalue weighted by Crippen LogP contribution is 2.21. The van der Waals surface area contributed by atoms with Crippen LogP contribution in [0.3, 0.4) is 0 Å². The van der Waals surface area contributed by atoms with Crippen LogP contribution < -0.4 is 5.32 Å². The lowest BCUT2D eigenvalue weighted by Crippen LogP contribution is -2.18. The maximum absolute atomic E-state index is 11.4. The fraction of sp³-hybridized carbons (Fsp3) is 0.0833. The predicted molar refractivity (Wildman–Crippen MR) is 69.4 cm³/mol. The van der Waals surface area contributed by atoms with Crippen molar-refractivity contribution in [3.05, 3.63) is 46.2 Å². The van der Waals surface area contributed by atoms with Gasteiger partial charge in [0.1, 0.15) is 0 Å². The number of hydrogen-bond acceptors (Lipinski definition) is 3. The minimum absolute atomic E-state index is 0.237. The largest absolute Gasteiger partial charge is 0.354 e. The smallest absolute Gasteiger partial charge is 0.271 e. The molecule has 1 heterocycles. The van der Waals surface area contributed by atoms with Crippen LogP contribution in [0.15, 0.2) is 34.9 Å². The summed E-state index contributed by atoms with van der Waals surface area (Å²) in [5, 5.41) is 15.5. The Morgan fingerprint density at radius 2 is 2.28 bits per heavy atom. The highest BCUT2D eigenvalue weighted by Gasteiger charge is 2.10. The normalized spacial score (nSPS) is 9.83. The third-order valence-corrected chi connectivity index (χ3v) is 3.01. The molecule has 5 nitrogen and oxygen atoms in total. The Hall–Kier alpha value is -2.13. The zero-order chi connectivity index (χ0) is 13.1. The van der Waals surface area contributed by atoms with Crippen molar-refractivity contribution in [3.8, 4) is 11.8 Å². The molecule has 0 bridgehead atoms. The molecule has 0 saturated carbocycles. The van der Waals surface area contributed by atoms with Crippen LogP contribution in [0.4, 0.5) is 0 Å². The van der Waals surface area contributed by atoms with E-state index in [4.69, 9.17) is 5.26 Å². The molecule has 0 fully saturated rings. The zero-order valence-electron chi connectivity index (χ0n) is 9.51. The lowest BCUT2D eigenvalue weighted by atomic mass is 10.2. The summed E-state index contributed by atoms with van der Waals surface area (Å²) in [5.74, 6) is -0.237. The molecule has 1 aromatic heterocycles. The molecule has 0 aliphatic heterocycles. The predicted octanol–water partition coefficient (Wildman–Crippen LogP) is 1.87. The zero-order valence-corrected chi connectivity index (χ0v) is 11.1. The second kappa shape index (κ2) is 5.02. The molecule has 1 N–H and O–H groups in total. The van der Waals surface area contributed by atoms with E-state index in [1.165, 1.54) is 0 Å². The van der Waals surface area contributed by atoms with Gasteiger partial charge in [-0.3, -0.25) is 4.79 Å². The molecule has 1 amide bonds. The fourth-order valence-corrected chi connectivity index (χ4v) is 2.03. The van der Waals surface area contributed by atoms with E-state index in [9.17, 15) is 4.79 Å². The van der Waals surface area contributed by atoms with Crippen molar-refractivity contribution >= 4 is 21.8 Å². The summed E-state index contributed by atoms with van der Waals surface area (Å²) < 4.78 is 2.32. The standard InChI is InChI=1S/C12H9BrN4O/c1-15-12(18)10-4-5-17(16-10)11-3-2-8(7-14)6-9(11)13/h2-6H,1H3,(H,15,18). The number of hydrogen-bond donors (Lipinski definition) is 1. The van der Waals surface area contributed by atoms with Gasteiger partial charge in [0.05, 0.1) is 17.3 Å². The molecular weight excluding hydrogens is 296 g/mol. The van der Waals surface area contributed by atoms with Crippen LogP contribution in [0.25, 0.3) is 5.69 Å². The first-order valence-electron chi connectivity index (χ1n) is 5.13. The molecule has 0 spiro atoms. The summed E-state index contributed by atoms with van der Waals surface area (Å²) in [6, 6.07) is 8.85. The van der Waals surface area contributed by atoms with Crippen molar-refractivity contribution in [3.63, 3.8) is 0 Å². The van der Waals surface area contributed by atoms with Crippen molar-refractivity contribution in [1.82, 2.24) is 15.1 Å². The van der Waals surface area contributed by atoms with Crippen LogP contribution >= 0.6 is 15.9 Å². The Bertz CT molecular complexity index is 642. The van der Waals surface area contributed by atoms with Gasteiger partial charge in [0, 0.05) is 17.7 Å². The monoisotopic (exact) mass is 304 g/mol. The Balaban J connectivity index is 2.41. The number of halogens is 1. The number of carbonyl (C=O) groups is 1. The van der Waals surface area contributed by atoms with E-state index >= 15 is 0 Å². The van der Waals surface area contributed by atoms with E-state index in [1.54, 1.807) is 42.2 Å². The van der Waals surface area contributed by atoms with Crippen LogP contribution in [-0.2, 0) is 0 Å². The minimum Gasteiger partial charge on any atom is -0.354 e. The molecule has 0 unspecified atom stereocenters. The summed E-state index contributed by atoms with van der Waals surface area (Å²) in [6.45, 7) is 0. The van der Waals surface area contributed by atoms with Crippen molar-refractivity contribution in [2.45, 2.75) is 0 Å². The summed E-state index contributed by atoms with van der Waals surface area (Å²) in [6.07, 6.45) is 1.69. The van der Waals surface area contributed by atoms with E-state index < -0.39 is 0 Å². The van der Waals surface area contributed by atoms with Gasteiger partial charge in [0.15, 0.2) is 5.69 Å². The minimum atomic E-state index is -0.237. The first-order chi connectivity index (χ1) is 8.65. The second-order valence-corrected chi connectivity index (χ2v) is 4.36. The number of rotatable bonds is 2. The lowest BCUT2D eigenvalue weighted by Gasteiger charge is -2.04. The summed E-state index contributed by atoms with van der Waals surface area (Å²) >= 11 is 3.38. The Kier molecular flexibility index (Phi) is 3.44. The van der Waals surface area contributed by atoms with Gasteiger partial charge in [-0.1, -0.05) is 0 Å². The number of carbonyl (C=O) groups excluding carboxylic acids is 1. The van der Waals surface area contributed by atoms with Gasteiger partial charge in [-0.05, 0) is 40.2 Å². The molecule has 0 saturated heterocycles. The van der Waals surface area contributed by atoms with Crippen LogP contribution in [0.1, 0.15) is 16.1 Å². The van der Waals surface area contributed by atoms with E-state index in [0.717, 1.165) is 10.2 Å². The number of nitriles is 1. The summed E-state index contributed by atoms with van der Waals surface area (Å²) in [7, 11) is 1.55. The number of nitrogens with one attached hydrogen (secondary N) is 1. The number of benzene rings is 1. The van der Waals surface area contributed by atoms with Gasteiger partial charge in [-0.15, -0.1) is 0 Å². The maximum Gasteiger partial charge on any atom is 0.271 e. The first kappa shape index (κ1) is 12.3. The van der Waals surface area contributed by atoms with E-state index in [-0.39, 0.29) is 5.91 Å². The molecule has 18 heavy (non-hydrogen) atoms. The summed E-state index contributed by atoms with van der Waals surface area (Å²) in [5.41, 5.74) is 1.67. The molecule has 2 rings (SSSR count). The van der Waals surface area contributed by atoms with Gasteiger partial charge >= 0.3 is 0 Å². The Morgan fingerprint density at radius 1 is 1.50 bits per heavy atom. The molecule has 0 radical (unpaired) electrons. The van der Waals surface area contributed by atoms with Gasteiger partial charge < -0.3 is 5.32 Å². The Labute approximate surface area is 112 Å². The topological polar surface area (TPSA) is 70.7 Å². The van der Waals surface area contributed by atoms with Crippen molar-refractivity contribution < 1.29 is 4.79 Å². The van der Waals surface area contributed by atoms with E-state index in [1.807, 2.05) is 0 Å². The van der Waals surface area contributed by atoms with Crippen LogP contribution in [-0.4, -0.2) is 22.7 Å². The summed E-state index contributed by atoms with van der Waals surface area (Å²) in [4.78, 5) is 11.4. The Morgan fingerprint density at radius 3 is 2.89 bits per heavy atom. The van der Waals surface area contributed by atoms with Crippen molar-refractivity contribution in [2.24, 2.45) is 0 Å². The molecule has 0 atom stereocenters. The van der Waals surface area contributed by atoms with E-state index in [2.05, 4.69) is 32.4 Å². The molecule has 0 aliphatic carbocycles. The highest BCUT2D eigenvalue weighted by atomic mass is 79.9. The quantitative estimate of drug-likeness (QED) is 0.920.